The van der Waals surface area contributed by atoms with Crippen molar-refractivity contribution in [1.82, 2.24) is 10.2 Å². The van der Waals surface area contributed by atoms with Gasteiger partial charge in [0.2, 0.25) is 0 Å². The Kier molecular flexibility index (Phi) is 5.88. The number of phenolic OH excluding ortho intramolecular Hbond substituents is 1. The van der Waals surface area contributed by atoms with E-state index in [1.54, 1.807) is 0 Å². The third-order valence-electron chi connectivity index (χ3n) is 3.85. The summed E-state index contributed by atoms with van der Waals surface area (Å²) in [7, 11) is 0. The number of halogens is 1. The van der Waals surface area contributed by atoms with Gasteiger partial charge in [0.15, 0.2) is 0 Å². The highest BCUT2D eigenvalue weighted by Crippen LogP contribution is 2.27. The van der Waals surface area contributed by atoms with Gasteiger partial charge in [-0.1, -0.05) is 11.6 Å². The van der Waals surface area contributed by atoms with Crippen LogP contribution in [0.1, 0.15) is 29.6 Å². The summed E-state index contributed by atoms with van der Waals surface area (Å²) < 4.78 is 0. The van der Waals surface area contributed by atoms with Crippen LogP contribution < -0.4 is 11.1 Å². The Morgan fingerprint density at radius 3 is 2.77 bits per heavy atom. The summed E-state index contributed by atoms with van der Waals surface area (Å²) in [6, 6.07) is 2.64. The Morgan fingerprint density at radius 2 is 2.09 bits per heavy atom. The third-order valence-corrected chi connectivity index (χ3v) is 4.18. The molecule has 1 aliphatic rings. The first-order chi connectivity index (χ1) is 10.5. The van der Waals surface area contributed by atoms with Gasteiger partial charge in [-0.15, -0.1) is 0 Å². The number of piperidine rings is 1. The smallest absolute Gasteiger partial charge is 0.255 e. The molecule has 0 saturated carbocycles. The van der Waals surface area contributed by atoms with E-state index in [1.165, 1.54) is 12.1 Å². The molecule has 1 amide bonds. The maximum Gasteiger partial charge on any atom is 0.255 e. The maximum absolute atomic E-state index is 12.0. The van der Waals surface area contributed by atoms with Crippen molar-refractivity contribution < 1.29 is 15.0 Å². The Labute approximate surface area is 134 Å². The van der Waals surface area contributed by atoms with E-state index in [4.69, 9.17) is 17.3 Å². The first kappa shape index (κ1) is 16.9. The Hall–Kier alpha value is -1.50. The standard InChI is InChI=1S/C15H22ClN3O3/c16-12-8-11(14(21)9-13(12)17)15(22)18-4-1-5-19-6-2-10(20)3-7-19/h8-10,20-21H,1-7,17H2,(H,18,22). The summed E-state index contributed by atoms with van der Waals surface area (Å²) >= 11 is 5.86. The fourth-order valence-corrected chi connectivity index (χ4v) is 2.67. The van der Waals surface area contributed by atoms with E-state index < -0.39 is 0 Å². The fourth-order valence-electron chi connectivity index (χ4n) is 2.50. The lowest BCUT2D eigenvalue weighted by molar-refractivity contribution is 0.0816. The van der Waals surface area contributed by atoms with Gasteiger partial charge in [0, 0.05) is 25.7 Å². The minimum Gasteiger partial charge on any atom is -0.507 e. The topological polar surface area (TPSA) is 98.8 Å². The molecule has 0 aliphatic carbocycles. The van der Waals surface area contributed by atoms with Crippen LogP contribution in [0.5, 0.6) is 5.75 Å². The average Bonchev–Trinajstić information content (AvgIpc) is 2.49. The summed E-state index contributed by atoms with van der Waals surface area (Å²) in [6.07, 6.45) is 2.26. The molecule has 1 aliphatic heterocycles. The number of amides is 1. The number of nitrogens with two attached hydrogens (primary N) is 1. The van der Waals surface area contributed by atoms with Crippen molar-refractivity contribution in [3.8, 4) is 5.75 Å². The molecule has 6 nitrogen and oxygen atoms in total. The number of aliphatic hydroxyl groups is 1. The minimum absolute atomic E-state index is 0.125. The summed E-state index contributed by atoms with van der Waals surface area (Å²) in [6.45, 7) is 3.17. The zero-order chi connectivity index (χ0) is 16.1. The Bertz CT molecular complexity index is 531. The fraction of sp³-hybridized carbons (Fsp3) is 0.533. The van der Waals surface area contributed by atoms with Gasteiger partial charge in [0.05, 0.1) is 22.4 Å². The van der Waals surface area contributed by atoms with E-state index in [2.05, 4.69) is 10.2 Å². The molecule has 122 valence electrons. The van der Waals surface area contributed by atoms with Crippen LogP contribution in [0.4, 0.5) is 5.69 Å². The summed E-state index contributed by atoms with van der Waals surface area (Å²) in [5.41, 5.74) is 5.92. The number of carbonyl (C=O) groups excluding carboxylic acids is 1. The van der Waals surface area contributed by atoms with Crippen molar-refractivity contribution >= 4 is 23.2 Å². The number of nitrogen functional groups attached to an aromatic ring is 1. The number of rotatable bonds is 5. The molecule has 5 N–H and O–H groups in total. The quantitative estimate of drug-likeness (QED) is 0.481. The number of likely N-dealkylation sites (tertiary alicyclic amines) is 1. The highest BCUT2D eigenvalue weighted by molar-refractivity contribution is 6.33. The zero-order valence-electron chi connectivity index (χ0n) is 12.4. The molecule has 0 spiro atoms. The minimum atomic E-state index is -0.367. The average molecular weight is 328 g/mol. The number of benzene rings is 1. The van der Waals surface area contributed by atoms with Gasteiger partial charge < -0.3 is 26.2 Å². The highest BCUT2D eigenvalue weighted by atomic mass is 35.5. The van der Waals surface area contributed by atoms with Crippen molar-refractivity contribution in [3.05, 3.63) is 22.7 Å². The van der Waals surface area contributed by atoms with Gasteiger partial charge in [-0.2, -0.15) is 0 Å². The first-order valence-electron chi connectivity index (χ1n) is 7.44. The molecule has 0 atom stereocenters. The van der Waals surface area contributed by atoms with E-state index in [9.17, 15) is 15.0 Å². The van der Waals surface area contributed by atoms with Crippen LogP contribution in [-0.2, 0) is 0 Å². The predicted molar refractivity (Wildman–Crippen MR) is 86.2 cm³/mol. The monoisotopic (exact) mass is 327 g/mol. The van der Waals surface area contributed by atoms with Crippen LogP contribution in [0.15, 0.2) is 12.1 Å². The van der Waals surface area contributed by atoms with Crippen molar-refractivity contribution in [2.75, 3.05) is 31.9 Å². The number of aromatic hydroxyl groups is 1. The van der Waals surface area contributed by atoms with Crippen molar-refractivity contribution in [2.45, 2.75) is 25.4 Å². The molecular weight excluding hydrogens is 306 g/mol. The van der Waals surface area contributed by atoms with Gasteiger partial charge in [0.1, 0.15) is 5.75 Å². The molecule has 2 rings (SSSR count). The van der Waals surface area contributed by atoms with E-state index in [-0.39, 0.29) is 34.0 Å². The second kappa shape index (κ2) is 7.67. The molecule has 1 heterocycles. The number of anilines is 1. The van der Waals surface area contributed by atoms with Crippen LogP contribution >= 0.6 is 11.6 Å². The van der Waals surface area contributed by atoms with Crippen LogP contribution in [0.2, 0.25) is 5.02 Å². The SMILES string of the molecule is Nc1cc(O)c(C(=O)NCCCN2CCC(O)CC2)cc1Cl. The van der Waals surface area contributed by atoms with E-state index in [1.807, 2.05) is 0 Å². The van der Waals surface area contributed by atoms with Crippen LogP contribution in [0.3, 0.4) is 0 Å². The number of aliphatic hydroxyl groups excluding tert-OH is 1. The molecule has 1 aromatic carbocycles. The van der Waals surface area contributed by atoms with E-state index in [0.29, 0.717) is 6.54 Å². The molecule has 1 saturated heterocycles. The number of phenols is 1. The van der Waals surface area contributed by atoms with E-state index >= 15 is 0 Å². The molecule has 0 bridgehead atoms. The van der Waals surface area contributed by atoms with Crippen LogP contribution in [-0.4, -0.2) is 53.3 Å². The van der Waals surface area contributed by atoms with Crippen LogP contribution in [0.25, 0.3) is 0 Å². The second-order valence-electron chi connectivity index (χ2n) is 5.57. The van der Waals surface area contributed by atoms with E-state index in [0.717, 1.165) is 38.9 Å². The normalized spacial score (nSPS) is 16.6. The number of nitrogens with one attached hydrogen (secondary N) is 1. The van der Waals surface area contributed by atoms with Gasteiger partial charge in [0.25, 0.3) is 5.91 Å². The molecule has 1 aromatic rings. The van der Waals surface area contributed by atoms with Gasteiger partial charge in [-0.25, -0.2) is 0 Å². The number of hydrogen-bond donors (Lipinski definition) is 4. The highest BCUT2D eigenvalue weighted by Gasteiger charge is 2.17. The molecule has 22 heavy (non-hydrogen) atoms. The van der Waals surface area contributed by atoms with Gasteiger partial charge in [-0.05, 0) is 31.9 Å². The molecule has 1 fully saturated rings. The lowest BCUT2D eigenvalue weighted by Crippen LogP contribution is -2.37. The number of carbonyl (C=O) groups is 1. The third kappa shape index (κ3) is 4.50. The molecule has 0 aromatic heterocycles. The zero-order valence-corrected chi connectivity index (χ0v) is 13.1. The largest absolute Gasteiger partial charge is 0.507 e. The van der Waals surface area contributed by atoms with Crippen molar-refractivity contribution in [1.29, 1.82) is 0 Å². The van der Waals surface area contributed by atoms with Gasteiger partial charge in [-0.3, -0.25) is 4.79 Å². The molecule has 0 radical (unpaired) electrons. The summed E-state index contributed by atoms with van der Waals surface area (Å²) in [5, 5.41) is 22.2. The second-order valence-corrected chi connectivity index (χ2v) is 5.98. The molecular formula is C15H22ClN3O3. The number of hydrogen-bond acceptors (Lipinski definition) is 5. The Balaban J connectivity index is 1.75. The van der Waals surface area contributed by atoms with Crippen molar-refractivity contribution in [3.63, 3.8) is 0 Å². The lowest BCUT2D eigenvalue weighted by Gasteiger charge is -2.29. The van der Waals surface area contributed by atoms with Gasteiger partial charge >= 0.3 is 0 Å². The van der Waals surface area contributed by atoms with Crippen molar-refractivity contribution in [2.24, 2.45) is 0 Å². The number of nitrogens with zero attached hydrogens (tertiary/aromatic N) is 1. The maximum atomic E-state index is 12.0. The van der Waals surface area contributed by atoms with Crippen LogP contribution in [0, 0.1) is 0 Å². The predicted octanol–water partition coefficient (Wildman–Crippen LogP) is 1.20. The lowest BCUT2D eigenvalue weighted by atomic mass is 10.1. The Morgan fingerprint density at radius 1 is 1.41 bits per heavy atom. The molecule has 0 unspecified atom stereocenters. The molecule has 7 heteroatoms. The summed E-state index contributed by atoms with van der Waals surface area (Å²) in [5.74, 6) is -0.544. The first-order valence-corrected chi connectivity index (χ1v) is 7.81. The summed E-state index contributed by atoms with van der Waals surface area (Å²) in [4.78, 5) is 14.3.